The van der Waals surface area contributed by atoms with Crippen molar-refractivity contribution in [3.63, 3.8) is 0 Å². The second-order valence-electron chi connectivity index (χ2n) is 7.69. The molecule has 0 spiro atoms. The molecule has 0 heterocycles. The van der Waals surface area contributed by atoms with Gasteiger partial charge in [0.1, 0.15) is 5.75 Å². The van der Waals surface area contributed by atoms with Crippen molar-refractivity contribution >= 4 is 5.57 Å². The lowest BCUT2D eigenvalue weighted by Crippen LogP contribution is -2.40. The van der Waals surface area contributed by atoms with Crippen LogP contribution in [0.1, 0.15) is 76.3 Å². The van der Waals surface area contributed by atoms with E-state index >= 15 is 0 Å². The van der Waals surface area contributed by atoms with Crippen molar-refractivity contribution in [3.8, 4) is 5.75 Å². The zero-order chi connectivity index (χ0) is 18.1. The third-order valence-electron chi connectivity index (χ3n) is 4.94. The molecule has 3 nitrogen and oxygen atoms in total. The van der Waals surface area contributed by atoms with Gasteiger partial charge in [0.15, 0.2) is 0 Å². The van der Waals surface area contributed by atoms with Crippen molar-refractivity contribution in [2.24, 2.45) is 5.73 Å². The molecule has 2 rings (SSSR count). The molecule has 0 amide bonds. The number of ether oxygens (including phenoxy) is 1. The maximum atomic E-state index is 9.49. The quantitative estimate of drug-likeness (QED) is 0.596. The van der Waals surface area contributed by atoms with Crippen LogP contribution < -0.4 is 10.5 Å². The van der Waals surface area contributed by atoms with Crippen molar-refractivity contribution in [3.05, 3.63) is 35.4 Å². The number of fused-ring (bicyclic) bond motifs is 1. The number of aliphatic hydroxyl groups is 1. The van der Waals surface area contributed by atoms with Crippen LogP contribution in [-0.4, -0.2) is 23.9 Å². The van der Waals surface area contributed by atoms with Gasteiger partial charge in [0.2, 0.25) is 0 Å². The summed E-state index contributed by atoms with van der Waals surface area (Å²) in [5, 5.41) is 9.49. The highest BCUT2D eigenvalue weighted by atomic mass is 16.5. The van der Waals surface area contributed by atoms with Gasteiger partial charge >= 0.3 is 0 Å². The van der Waals surface area contributed by atoms with Gasteiger partial charge < -0.3 is 15.6 Å². The Balaban J connectivity index is 1.99. The first-order chi connectivity index (χ1) is 12.1. The molecule has 0 bridgehead atoms. The van der Waals surface area contributed by atoms with Gasteiger partial charge in [-0.05, 0) is 67.9 Å². The highest BCUT2D eigenvalue weighted by Crippen LogP contribution is 2.33. The molecule has 3 N–H and O–H groups in total. The fraction of sp³-hybridized carbons (Fsp3) is 0.636. The van der Waals surface area contributed by atoms with E-state index in [2.05, 4.69) is 31.2 Å². The Morgan fingerprint density at radius 1 is 1.20 bits per heavy atom. The normalized spacial score (nSPS) is 16.6. The second-order valence-corrected chi connectivity index (χ2v) is 7.69. The van der Waals surface area contributed by atoms with Crippen LogP contribution in [0.3, 0.4) is 0 Å². The standard InChI is InChI=1S/C22H35NO2/c1-3-4-5-6-9-14-25-20-12-13-21-18(15-20)10-7-8-11-19(21)16-22(2,23)17-24/h11-13,15,24H,3-10,14,16-17,23H2,1-2H3/t22-/m0/s1. The maximum Gasteiger partial charge on any atom is 0.119 e. The molecule has 0 fully saturated rings. The van der Waals surface area contributed by atoms with Gasteiger partial charge in [-0.25, -0.2) is 0 Å². The van der Waals surface area contributed by atoms with E-state index in [-0.39, 0.29) is 6.61 Å². The van der Waals surface area contributed by atoms with E-state index in [4.69, 9.17) is 10.5 Å². The summed E-state index contributed by atoms with van der Waals surface area (Å²) in [5.41, 5.74) is 9.50. The van der Waals surface area contributed by atoms with Crippen molar-refractivity contribution in [1.82, 2.24) is 0 Å². The van der Waals surface area contributed by atoms with Crippen LogP contribution in [-0.2, 0) is 6.42 Å². The summed E-state index contributed by atoms with van der Waals surface area (Å²) < 4.78 is 5.97. The third-order valence-corrected chi connectivity index (χ3v) is 4.94. The smallest absolute Gasteiger partial charge is 0.119 e. The molecule has 1 atom stereocenters. The number of aryl methyl sites for hydroxylation is 1. The Kier molecular flexibility index (Phi) is 7.98. The van der Waals surface area contributed by atoms with E-state index in [0.29, 0.717) is 6.42 Å². The van der Waals surface area contributed by atoms with Gasteiger partial charge in [0.05, 0.1) is 13.2 Å². The van der Waals surface area contributed by atoms with Gasteiger partial charge in [-0.2, -0.15) is 0 Å². The van der Waals surface area contributed by atoms with Gasteiger partial charge in [0.25, 0.3) is 0 Å². The highest BCUT2D eigenvalue weighted by molar-refractivity contribution is 5.70. The minimum atomic E-state index is -0.568. The van der Waals surface area contributed by atoms with Gasteiger partial charge in [-0.1, -0.05) is 44.7 Å². The molecular weight excluding hydrogens is 310 g/mol. The zero-order valence-corrected chi connectivity index (χ0v) is 16.0. The Morgan fingerprint density at radius 2 is 2.00 bits per heavy atom. The Hall–Kier alpha value is -1.32. The molecule has 1 aromatic carbocycles. The molecule has 0 unspecified atom stereocenters. The second kappa shape index (κ2) is 9.98. The lowest BCUT2D eigenvalue weighted by molar-refractivity contribution is 0.212. The molecule has 0 aliphatic heterocycles. The number of nitrogens with two attached hydrogens (primary N) is 1. The van der Waals surface area contributed by atoms with Crippen LogP contribution in [0.2, 0.25) is 0 Å². The monoisotopic (exact) mass is 345 g/mol. The topological polar surface area (TPSA) is 55.5 Å². The van der Waals surface area contributed by atoms with E-state index in [0.717, 1.165) is 38.0 Å². The molecule has 1 aliphatic carbocycles. The number of hydrogen-bond acceptors (Lipinski definition) is 3. The average molecular weight is 346 g/mol. The minimum absolute atomic E-state index is 0.00109. The van der Waals surface area contributed by atoms with Crippen LogP contribution >= 0.6 is 0 Å². The molecule has 1 aliphatic rings. The summed E-state index contributed by atoms with van der Waals surface area (Å²) >= 11 is 0. The Bertz CT molecular complexity index is 563. The summed E-state index contributed by atoms with van der Waals surface area (Å²) in [6.45, 7) is 4.95. The van der Waals surface area contributed by atoms with Crippen molar-refractivity contribution in [2.45, 2.75) is 77.2 Å². The highest BCUT2D eigenvalue weighted by Gasteiger charge is 2.22. The fourth-order valence-electron chi connectivity index (χ4n) is 3.41. The third kappa shape index (κ3) is 6.48. The molecule has 0 saturated carbocycles. The number of allylic oxidation sites excluding steroid dienone is 1. The van der Waals surface area contributed by atoms with Gasteiger partial charge in [0, 0.05) is 5.54 Å². The molecule has 140 valence electrons. The summed E-state index contributed by atoms with van der Waals surface area (Å²) in [5.74, 6) is 0.980. The van der Waals surface area contributed by atoms with Gasteiger partial charge in [-0.3, -0.25) is 0 Å². The van der Waals surface area contributed by atoms with Crippen molar-refractivity contribution < 1.29 is 9.84 Å². The predicted molar refractivity (Wildman–Crippen MR) is 106 cm³/mol. The lowest BCUT2D eigenvalue weighted by Gasteiger charge is -2.24. The lowest BCUT2D eigenvalue weighted by atomic mass is 9.88. The molecule has 0 aromatic heterocycles. The molecule has 0 radical (unpaired) electrons. The van der Waals surface area contributed by atoms with Crippen molar-refractivity contribution in [2.75, 3.05) is 13.2 Å². The summed E-state index contributed by atoms with van der Waals surface area (Å²) in [6.07, 6.45) is 12.6. The van der Waals surface area contributed by atoms with Crippen LogP contribution in [0.25, 0.3) is 5.57 Å². The van der Waals surface area contributed by atoms with E-state index in [1.165, 1.54) is 42.4 Å². The van der Waals surface area contributed by atoms with E-state index in [1.807, 2.05) is 6.92 Å². The Labute approximate surface area is 153 Å². The molecule has 3 heteroatoms. The molecule has 1 aromatic rings. The first-order valence-electron chi connectivity index (χ1n) is 9.90. The summed E-state index contributed by atoms with van der Waals surface area (Å²) in [4.78, 5) is 0. The van der Waals surface area contributed by atoms with E-state index < -0.39 is 5.54 Å². The number of unbranched alkanes of at least 4 members (excludes halogenated alkanes) is 4. The minimum Gasteiger partial charge on any atom is -0.494 e. The SMILES string of the molecule is CCCCCCCOc1ccc2c(c1)CCCC=C2C[C@](C)(N)CO. The predicted octanol–water partition coefficient (Wildman–Crippen LogP) is 4.86. The van der Waals surface area contributed by atoms with Crippen LogP contribution in [0, 0.1) is 0 Å². The zero-order valence-electron chi connectivity index (χ0n) is 16.0. The first-order valence-corrected chi connectivity index (χ1v) is 9.90. The Morgan fingerprint density at radius 3 is 2.76 bits per heavy atom. The fourth-order valence-corrected chi connectivity index (χ4v) is 3.41. The van der Waals surface area contributed by atoms with Crippen molar-refractivity contribution in [1.29, 1.82) is 0 Å². The van der Waals surface area contributed by atoms with E-state index in [9.17, 15) is 5.11 Å². The number of aliphatic hydroxyl groups excluding tert-OH is 1. The van der Waals surface area contributed by atoms with Gasteiger partial charge in [-0.15, -0.1) is 0 Å². The number of benzene rings is 1. The first kappa shape index (κ1) is 20.0. The molecule has 25 heavy (non-hydrogen) atoms. The number of rotatable bonds is 10. The summed E-state index contributed by atoms with van der Waals surface area (Å²) in [6, 6.07) is 6.45. The van der Waals surface area contributed by atoms with Crippen LogP contribution in [0.4, 0.5) is 0 Å². The largest absolute Gasteiger partial charge is 0.494 e. The van der Waals surface area contributed by atoms with Crippen LogP contribution in [0.15, 0.2) is 24.3 Å². The number of hydrogen-bond donors (Lipinski definition) is 2. The maximum absolute atomic E-state index is 9.49. The van der Waals surface area contributed by atoms with E-state index in [1.54, 1.807) is 0 Å². The van der Waals surface area contributed by atoms with Crippen LogP contribution in [0.5, 0.6) is 5.75 Å². The molecule has 0 saturated heterocycles. The molecular formula is C22H35NO2. The average Bonchev–Trinajstić information content (AvgIpc) is 2.79. The summed E-state index contributed by atoms with van der Waals surface area (Å²) in [7, 11) is 0.